The molecule has 0 saturated heterocycles. The maximum atomic E-state index is 12.0. The third-order valence-corrected chi connectivity index (χ3v) is 4.87. The molecule has 1 aromatic carbocycles. The minimum atomic E-state index is -0.150. The van der Waals surface area contributed by atoms with Gasteiger partial charge in [0.15, 0.2) is 0 Å². The second-order valence-corrected chi connectivity index (χ2v) is 6.79. The molecule has 0 bridgehead atoms. The molecule has 0 aliphatic carbocycles. The summed E-state index contributed by atoms with van der Waals surface area (Å²) in [5, 5.41) is 7.63. The first-order valence-electron chi connectivity index (χ1n) is 6.91. The van der Waals surface area contributed by atoms with Crippen molar-refractivity contribution in [2.24, 2.45) is 0 Å². The molecule has 0 atom stereocenters. The predicted octanol–water partition coefficient (Wildman–Crippen LogP) is 3.37. The van der Waals surface area contributed by atoms with Crippen LogP contribution in [0.1, 0.15) is 22.2 Å². The molecule has 0 spiro atoms. The maximum Gasteiger partial charge on any atom is 0.251 e. The summed E-state index contributed by atoms with van der Waals surface area (Å²) in [6, 6.07) is 11.1. The number of thiophene rings is 1. The Morgan fingerprint density at radius 1 is 1.23 bits per heavy atom. The van der Waals surface area contributed by atoms with Crippen LogP contribution in [0.5, 0.6) is 0 Å². The number of carbonyl (C=O) groups is 2. The first-order valence-corrected chi connectivity index (χ1v) is 8.94. The number of rotatable bonds is 7. The van der Waals surface area contributed by atoms with Gasteiger partial charge in [-0.2, -0.15) is 11.8 Å². The van der Waals surface area contributed by atoms with Gasteiger partial charge in [-0.3, -0.25) is 9.59 Å². The summed E-state index contributed by atoms with van der Waals surface area (Å²) < 4.78 is 0. The van der Waals surface area contributed by atoms with Crippen molar-refractivity contribution in [3.8, 4) is 0 Å². The number of hydrogen-bond acceptors (Lipinski definition) is 4. The minimum absolute atomic E-state index is 0.121. The fourth-order valence-corrected chi connectivity index (χ4v) is 3.55. The Bertz CT molecular complexity index is 627. The van der Waals surface area contributed by atoms with Gasteiger partial charge in [0.1, 0.15) is 0 Å². The zero-order chi connectivity index (χ0) is 15.8. The maximum absolute atomic E-state index is 12.0. The van der Waals surface area contributed by atoms with Gasteiger partial charge in [-0.25, -0.2) is 0 Å². The molecule has 0 aliphatic heterocycles. The topological polar surface area (TPSA) is 58.2 Å². The van der Waals surface area contributed by atoms with Gasteiger partial charge in [0.2, 0.25) is 5.91 Å². The lowest BCUT2D eigenvalue weighted by molar-refractivity contribution is -0.114. The highest BCUT2D eigenvalue weighted by atomic mass is 32.2. The largest absolute Gasteiger partial charge is 0.351 e. The summed E-state index contributed by atoms with van der Waals surface area (Å²) in [4.78, 5) is 24.4. The molecule has 1 heterocycles. The van der Waals surface area contributed by atoms with Gasteiger partial charge in [0, 0.05) is 41.1 Å². The minimum Gasteiger partial charge on any atom is -0.351 e. The first-order chi connectivity index (χ1) is 10.6. The molecule has 0 radical (unpaired) electrons. The lowest BCUT2D eigenvalue weighted by Crippen LogP contribution is -2.25. The van der Waals surface area contributed by atoms with Crippen LogP contribution < -0.4 is 10.6 Å². The van der Waals surface area contributed by atoms with E-state index >= 15 is 0 Å². The molecule has 0 unspecified atom stereocenters. The second-order valence-electron chi connectivity index (χ2n) is 4.65. The van der Waals surface area contributed by atoms with Gasteiger partial charge in [0.05, 0.1) is 0 Å². The number of carbonyl (C=O) groups excluding carboxylic acids is 2. The molecule has 0 aliphatic rings. The van der Waals surface area contributed by atoms with E-state index in [0.29, 0.717) is 17.8 Å². The Morgan fingerprint density at radius 2 is 2.09 bits per heavy atom. The molecule has 2 N–H and O–H groups in total. The molecule has 1 aromatic heterocycles. The summed E-state index contributed by atoms with van der Waals surface area (Å²) in [6.45, 7) is 2.07. The van der Waals surface area contributed by atoms with Crippen molar-refractivity contribution in [1.82, 2.24) is 5.32 Å². The highest BCUT2D eigenvalue weighted by Crippen LogP contribution is 2.16. The van der Waals surface area contributed by atoms with Crippen LogP contribution in [-0.2, 0) is 10.5 Å². The van der Waals surface area contributed by atoms with Gasteiger partial charge in [-0.1, -0.05) is 12.1 Å². The van der Waals surface area contributed by atoms with Crippen LogP contribution in [0.3, 0.4) is 0 Å². The lowest BCUT2D eigenvalue weighted by atomic mass is 10.2. The van der Waals surface area contributed by atoms with E-state index in [1.807, 2.05) is 6.07 Å². The molecular weight excluding hydrogens is 316 g/mol. The van der Waals surface area contributed by atoms with Crippen LogP contribution in [0.2, 0.25) is 0 Å². The van der Waals surface area contributed by atoms with Crippen LogP contribution in [0.4, 0.5) is 5.69 Å². The highest BCUT2D eigenvalue weighted by Gasteiger charge is 2.06. The first kappa shape index (κ1) is 16.6. The summed E-state index contributed by atoms with van der Waals surface area (Å²) in [6.07, 6.45) is 0. The lowest BCUT2D eigenvalue weighted by Gasteiger charge is -2.07. The van der Waals surface area contributed by atoms with E-state index in [0.717, 1.165) is 11.5 Å². The molecule has 6 heteroatoms. The molecule has 2 amide bonds. The molecule has 2 aromatic rings. The molecule has 0 saturated carbocycles. The van der Waals surface area contributed by atoms with Gasteiger partial charge >= 0.3 is 0 Å². The highest BCUT2D eigenvalue weighted by molar-refractivity contribution is 7.98. The van der Waals surface area contributed by atoms with E-state index in [1.165, 1.54) is 11.8 Å². The Labute approximate surface area is 138 Å². The van der Waals surface area contributed by atoms with E-state index < -0.39 is 0 Å². The van der Waals surface area contributed by atoms with Crippen molar-refractivity contribution in [3.05, 3.63) is 52.2 Å². The van der Waals surface area contributed by atoms with E-state index in [2.05, 4.69) is 22.1 Å². The number of hydrogen-bond donors (Lipinski definition) is 2. The van der Waals surface area contributed by atoms with Crippen LogP contribution >= 0.6 is 23.1 Å². The SMILES string of the molecule is CC(=O)Nc1cccc(C(=O)NCCSCc2cccs2)c1. The van der Waals surface area contributed by atoms with Crippen molar-refractivity contribution < 1.29 is 9.59 Å². The summed E-state index contributed by atoms with van der Waals surface area (Å²) in [5.41, 5.74) is 1.18. The van der Waals surface area contributed by atoms with Crippen LogP contribution in [-0.4, -0.2) is 24.1 Å². The Kier molecular flexibility index (Phi) is 6.48. The zero-order valence-electron chi connectivity index (χ0n) is 12.3. The van der Waals surface area contributed by atoms with Crippen LogP contribution in [0.25, 0.3) is 0 Å². The average Bonchev–Trinajstić information content (AvgIpc) is 2.99. The summed E-state index contributed by atoms with van der Waals surface area (Å²) in [5.74, 6) is 1.58. The van der Waals surface area contributed by atoms with Gasteiger partial charge in [-0.15, -0.1) is 11.3 Å². The predicted molar refractivity (Wildman–Crippen MR) is 93.6 cm³/mol. The second kappa shape index (κ2) is 8.60. The third-order valence-electron chi connectivity index (χ3n) is 2.80. The number of amides is 2. The summed E-state index contributed by atoms with van der Waals surface area (Å²) >= 11 is 3.55. The smallest absolute Gasteiger partial charge is 0.251 e. The monoisotopic (exact) mass is 334 g/mol. The standard InChI is InChI=1S/C16H18N2O2S2/c1-12(19)18-14-5-2-4-13(10-14)16(20)17-7-9-21-11-15-6-3-8-22-15/h2-6,8,10H,7,9,11H2,1H3,(H,17,20)(H,18,19). The van der Waals surface area contributed by atoms with E-state index in [1.54, 1.807) is 47.4 Å². The fourth-order valence-electron chi connectivity index (χ4n) is 1.85. The van der Waals surface area contributed by atoms with Crippen LogP contribution in [0, 0.1) is 0 Å². The zero-order valence-corrected chi connectivity index (χ0v) is 13.9. The molecular formula is C16H18N2O2S2. The van der Waals surface area contributed by atoms with Gasteiger partial charge < -0.3 is 10.6 Å². The molecule has 4 nitrogen and oxygen atoms in total. The van der Waals surface area contributed by atoms with Crippen molar-refractivity contribution in [1.29, 1.82) is 0 Å². The number of nitrogens with one attached hydrogen (secondary N) is 2. The number of anilines is 1. The fraction of sp³-hybridized carbons (Fsp3) is 0.250. The van der Waals surface area contributed by atoms with Crippen molar-refractivity contribution >= 4 is 40.6 Å². The molecule has 0 fully saturated rings. The summed E-state index contributed by atoms with van der Waals surface area (Å²) in [7, 11) is 0. The van der Waals surface area contributed by atoms with Crippen molar-refractivity contribution in [2.75, 3.05) is 17.6 Å². The van der Waals surface area contributed by atoms with Crippen molar-refractivity contribution in [2.45, 2.75) is 12.7 Å². The number of benzene rings is 1. The van der Waals surface area contributed by atoms with Crippen LogP contribution in [0.15, 0.2) is 41.8 Å². The van der Waals surface area contributed by atoms with E-state index in [9.17, 15) is 9.59 Å². The van der Waals surface area contributed by atoms with Gasteiger partial charge in [0.25, 0.3) is 5.91 Å². The number of thioether (sulfide) groups is 1. The van der Waals surface area contributed by atoms with Gasteiger partial charge in [-0.05, 0) is 29.6 Å². The average molecular weight is 334 g/mol. The Hall–Kier alpha value is -1.79. The molecule has 2 rings (SSSR count). The normalized spacial score (nSPS) is 10.2. The quantitative estimate of drug-likeness (QED) is 0.763. The van der Waals surface area contributed by atoms with Crippen molar-refractivity contribution in [3.63, 3.8) is 0 Å². The molecule has 116 valence electrons. The Balaban J connectivity index is 1.73. The van der Waals surface area contributed by atoms with E-state index in [-0.39, 0.29) is 11.8 Å². The third kappa shape index (κ3) is 5.54. The van der Waals surface area contributed by atoms with E-state index in [4.69, 9.17) is 0 Å². The molecule has 22 heavy (non-hydrogen) atoms. The Morgan fingerprint density at radius 3 is 2.82 bits per heavy atom.